The summed E-state index contributed by atoms with van der Waals surface area (Å²) in [4.78, 5) is 26.4. The van der Waals surface area contributed by atoms with Crippen molar-refractivity contribution < 1.29 is 19.4 Å². The Bertz CT molecular complexity index is 606. The summed E-state index contributed by atoms with van der Waals surface area (Å²) in [6, 6.07) is 5.90. The fourth-order valence-electron chi connectivity index (χ4n) is 3.26. The molecule has 3 rings (SSSR count). The number of likely N-dealkylation sites (N-methyl/N-ethyl adjacent to an activating group) is 1. The molecule has 0 aliphatic carbocycles. The van der Waals surface area contributed by atoms with E-state index in [2.05, 4.69) is 5.43 Å². The number of hydrogen-bond donors (Lipinski definition) is 2. The second kappa shape index (κ2) is 5.68. The van der Waals surface area contributed by atoms with Crippen LogP contribution >= 0.6 is 0 Å². The van der Waals surface area contributed by atoms with Crippen molar-refractivity contribution in [2.24, 2.45) is 5.92 Å². The van der Waals surface area contributed by atoms with Gasteiger partial charge in [0.15, 0.2) is 0 Å². The van der Waals surface area contributed by atoms with Gasteiger partial charge in [-0.25, -0.2) is 10.4 Å². The normalized spacial score (nSPS) is 28.5. The zero-order chi connectivity index (χ0) is 15.9. The molecule has 22 heavy (non-hydrogen) atoms. The molecule has 0 bridgehead atoms. The number of likely N-dealkylation sites (tertiary alicyclic amines) is 1. The highest BCUT2D eigenvalue weighted by atomic mass is 16.5. The van der Waals surface area contributed by atoms with Crippen LogP contribution in [0.2, 0.25) is 0 Å². The predicted molar refractivity (Wildman–Crippen MR) is 77.6 cm³/mol. The molecule has 2 N–H and O–H groups in total. The van der Waals surface area contributed by atoms with Crippen LogP contribution in [0.3, 0.4) is 0 Å². The lowest BCUT2D eigenvalue weighted by Gasteiger charge is -2.22. The molecule has 0 spiro atoms. The monoisotopic (exact) mass is 305 g/mol. The van der Waals surface area contributed by atoms with Gasteiger partial charge < -0.3 is 9.84 Å². The molecule has 0 radical (unpaired) electrons. The number of aromatic hydroxyl groups is 1. The number of hydrogen-bond acceptors (Lipinski definition) is 6. The number of benzene rings is 1. The van der Waals surface area contributed by atoms with Crippen LogP contribution in [0, 0.1) is 5.92 Å². The number of amides is 2. The molecule has 118 valence electrons. The number of methoxy groups -OCH3 is 1. The molecule has 2 aliphatic rings. The Morgan fingerprint density at radius 1 is 1.27 bits per heavy atom. The fraction of sp³-hybridized carbons (Fsp3) is 0.467. The molecule has 2 aliphatic heterocycles. The van der Waals surface area contributed by atoms with E-state index in [1.165, 1.54) is 12.0 Å². The van der Waals surface area contributed by atoms with Crippen molar-refractivity contribution in [2.45, 2.75) is 12.1 Å². The summed E-state index contributed by atoms with van der Waals surface area (Å²) in [5, 5.41) is 11.7. The van der Waals surface area contributed by atoms with Gasteiger partial charge in [-0.2, -0.15) is 0 Å². The number of phenols is 1. The van der Waals surface area contributed by atoms with Gasteiger partial charge in [-0.1, -0.05) is 18.2 Å². The molecule has 3 atom stereocenters. The van der Waals surface area contributed by atoms with Crippen molar-refractivity contribution in [1.29, 1.82) is 0 Å². The lowest BCUT2D eigenvalue weighted by Crippen LogP contribution is -2.43. The molecule has 7 heteroatoms. The summed E-state index contributed by atoms with van der Waals surface area (Å²) in [5.74, 6) is -0.871. The molecule has 2 amide bonds. The zero-order valence-electron chi connectivity index (χ0n) is 12.5. The third-order valence-electron chi connectivity index (χ3n) is 4.32. The van der Waals surface area contributed by atoms with Crippen LogP contribution in [0.5, 0.6) is 5.75 Å². The molecule has 7 nitrogen and oxygen atoms in total. The van der Waals surface area contributed by atoms with E-state index < -0.39 is 18.0 Å². The number of carbonyl (C=O) groups excluding carboxylic acids is 2. The first-order chi connectivity index (χ1) is 10.6. The second-order valence-electron chi connectivity index (χ2n) is 5.57. The van der Waals surface area contributed by atoms with Crippen LogP contribution in [0.4, 0.5) is 0 Å². The smallest absolute Gasteiger partial charge is 0.248 e. The SMILES string of the molecule is COCCN1C(=O)[C@@H]2[C@@H](c3ccccc3O)NN(C)[C@H]2C1=O. The maximum absolute atomic E-state index is 12.6. The van der Waals surface area contributed by atoms with E-state index in [9.17, 15) is 14.7 Å². The van der Waals surface area contributed by atoms with Gasteiger partial charge in [0.05, 0.1) is 25.1 Å². The first kappa shape index (κ1) is 15.0. The number of hydrazine groups is 1. The number of fused-ring (bicyclic) bond motifs is 1. The highest BCUT2D eigenvalue weighted by molar-refractivity contribution is 6.08. The second-order valence-corrected chi connectivity index (χ2v) is 5.57. The molecule has 1 aromatic rings. The molecule has 2 fully saturated rings. The number of phenolic OH excluding ortho intramolecular Hbond substituents is 1. The van der Waals surface area contributed by atoms with E-state index >= 15 is 0 Å². The van der Waals surface area contributed by atoms with Crippen LogP contribution in [0.1, 0.15) is 11.6 Å². The lowest BCUT2D eigenvalue weighted by molar-refractivity contribution is -0.142. The minimum Gasteiger partial charge on any atom is -0.508 e. The third kappa shape index (κ3) is 2.18. The van der Waals surface area contributed by atoms with E-state index in [1.54, 1.807) is 36.3 Å². The number of carbonyl (C=O) groups is 2. The average molecular weight is 305 g/mol. The summed E-state index contributed by atoms with van der Waals surface area (Å²) in [6.45, 7) is 0.567. The van der Waals surface area contributed by atoms with Gasteiger partial charge in [0.1, 0.15) is 11.8 Å². The summed E-state index contributed by atoms with van der Waals surface area (Å²) >= 11 is 0. The number of nitrogens with zero attached hydrogens (tertiary/aromatic N) is 2. The van der Waals surface area contributed by atoms with Crippen molar-refractivity contribution in [3.8, 4) is 5.75 Å². The summed E-state index contributed by atoms with van der Waals surface area (Å²) in [6.07, 6.45) is 0. The Kier molecular flexibility index (Phi) is 3.86. The van der Waals surface area contributed by atoms with E-state index in [4.69, 9.17) is 4.74 Å². The summed E-state index contributed by atoms with van der Waals surface area (Å²) in [7, 11) is 3.27. The zero-order valence-corrected chi connectivity index (χ0v) is 12.5. The average Bonchev–Trinajstić information content (AvgIpc) is 2.96. The van der Waals surface area contributed by atoms with E-state index in [0.717, 1.165) is 0 Å². The van der Waals surface area contributed by atoms with Gasteiger partial charge in [-0.05, 0) is 6.07 Å². The van der Waals surface area contributed by atoms with Gasteiger partial charge >= 0.3 is 0 Å². The van der Waals surface area contributed by atoms with Crippen LogP contribution in [0.15, 0.2) is 24.3 Å². The maximum Gasteiger partial charge on any atom is 0.248 e. The number of para-hydroxylation sites is 1. The van der Waals surface area contributed by atoms with Crippen molar-refractivity contribution in [2.75, 3.05) is 27.3 Å². The molecular formula is C15H19N3O4. The van der Waals surface area contributed by atoms with E-state index in [0.29, 0.717) is 12.2 Å². The fourth-order valence-corrected chi connectivity index (χ4v) is 3.26. The van der Waals surface area contributed by atoms with Gasteiger partial charge in [0.25, 0.3) is 0 Å². The summed E-state index contributed by atoms with van der Waals surface area (Å²) in [5.41, 5.74) is 3.75. The maximum atomic E-state index is 12.6. The van der Waals surface area contributed by atoms with E-state index in [-0.39, 0.29) is 24.1 Å². The number of rotatable bonds is 4. The van der Waals surface area contributed by atoms with Crippen molar-refractivity contribution >= 4 is 11.8 Å². The molecular weight excluding hydrogens is 286 g/mol. The van der Waals surface area contributed by atoms with Gasteiger partial charge in [-0.15, -0.1) is 0 Å². The van der Waals surface area contributed by atoms with Crippen molar-refractivity contribution in [3.63, 3.8) is 0 Å². The van der Waals surface area contributed by atoms with Crippen LogP contribution < -0.4 is 5.43 Å². The van der Waals surface area contributed by atoms with E-state index in [1.807, 2.05) is 0 Å². The molecule has 0 aromatic heterocycles. The third-order valence-corrected chi connectivity index (χ3v) is 4.32. The lowest BCUT2D eigenvalue weighted by atomic mass is 9.90. The highest BCUT2D eigenvalue weighted by Crippen LogP contribution is 2.41. The minimum atomic E-state index is -0.547. The molecule has 0 saturated carbocycles. The van der Waals surface area contributed by atoms with Crippen LogP contribution in [-0.2, 0) is 14.3 Å². The molecule has 2 saturated heterocycles. The molecule has 2 heterocycles. The summed E-state index contributed by atoms with van der Waals surface area (Å²) < 4.78 is 4.96. The van der Waals surface area contributed by atoms with Crippen LogP contribution in [0.25, 0.3) is 0 Å². The van der Waals surface area contributed by atoms with Crippen LogP contribution in [-0.4, -0.2) is 60.2 Å². The number of ether oxygens (including phenoxy) is 1. The Morgan fingerprint density at radius 2 is 2.00 bits per heavy atom. The highest BCUT2D eigenvalue weighted by Gasteiger charge is 2.57. The standard InChI is InChI=1S/C15H19N3O4/c1-17-13-11(14(20)18(15(13)21)7-8-22-2)12(16-17)9-5-3-4-6-10(9)19/h3-6,11-13,16,19H,7-8H2,1-2H3/t11-,12-,13-/m1/s1. The largest absolute Gasteiger partial charge is 0.508 e. The molecule has 0 unspecified atom stereocenters. The Balaban J connectivity index is 1.93. The molecule has 1 aromatic carbocycles. The number of nitrogens with one attached hydrogen (secondary N) is 1. The Labute approximate surface area is 128 Å². The first-order valence-electron chi connectivity index (χ1n) is 7.17. The number of imide groups is 1. The van der Waals surface area contributed by atoms with Gasteiger partial charge in [-0.3, -0.25) is 14.5 Å². The minimum absolute atomic E-state index is 0.115. The van der Waals surface area contributed by atoms with Crippen molar-refractivity contribution in [1.82, 2.24) is 15.3 Å². The topological polar surface area (TPSA) is 82.1 Å². The predicted octanol–water partition coefficient (Wildman–Crippen LogP) is -0.117. The van der Waals surface area contributed by atoms with Gasteiger partial charge in [0, 0.05) is 19.7 Å². The van der Waals surface area contributed by atoms with Gasteiger partial charge in [0.2, 0.25) is 11.8 Å². The van der Waals surface area contributed by atoms with Crippen molar-refractivity contribution in [3.05, 3.63) is 29.8 Å². The first-order valence-corrected chi connectivity index (χ1v) is 7.17. The quantitative estimate of drug-likeness (QED) is 0.755. The Morgan fingerprint density at radius 3 is 2.68 bits per heavy atom. The Hall–Kier alpha value is -1.96.